The van der Waals surface area contributed by atoms with E-state index in [1.165, 1.54) is 10.8 Å². The van der Waals surface area contributed by atoms with Gasteiger partial charge in [0.05, 0.1) is 19.1 Å². The summed E-state index contributed by atoms with van der Waals surface area (Å²) in [7, 11) is 0. The highest BCUT2D eigenvalue weighted by molar-refractivity contribution is 5.51. The number of nitrogens with one attached hydrogen (secondary N) is 1. The molecule has 0 aliphatic heterocycles. The Morgan fingerprint density at radius 3 is 2.75 bits per heavy atom. The van der Waals surface area contributed by atoms with Crippen LogP contribution in [0.15, 0.2) is 50.6 Å². The first kappa shape index (κ1) is 15.9. The lowest BCUT2D eigenvalue weighted by Crippen LogP contribution is -2.31. The first-order valence-electron chi connectivity index (χ1n) is 7.43. The molecule has 0 saturated heterocycles. The number of aromatic nitrogens is 4. The van der Waals surface area contributed by atoms with Crippen molar-refractivity contribution in [3.8, 4) is 11.4 Å². The number of aliphatic hydroxyl groups excluding tert-OH is 1. The van der Waals surface area contributed by atoms with Gasteiger partial charge in [-0.15, -0.1) is 0 Å². The van der Waals surface area contributed by atoms with E-state index in [0.29, 0.717) is 5.89 Å². The highest BCUT2D eigenvalue weighted by atomic mass is 16.5. The number of H-pyrrole nitrogens is 1. The minimum atomic E-state index is -0.603. The van der Waals surface area contributed by atoms with E-state index in [1.54, 1.807) is 0 Å². The average molecular weight is 328 g/mol. The summed E-state index contributed by atoms with van der Waals surface area (Å²) in [4.78, 5) is 30.1. The predicted octanol–water partition coefficient (Wildman–Crippen LogP) is 0.731. The normalized spacial score (nSPS) is 12.2. The molecular weight excluding hydrogens is 312 g/mol. The second-order valence-corrected chi connectivity index (χ2v) is 5.31. The Labute approximate surface area is 136 Å². The molecule has 0 radical (unpaired) electrons. The van der Waals surface area contributed by atoms with E-state index in [9.17, 15) is 9.59 Å². The molecule has 8 heteroatoms. The lowest BCUT2D eigenvalue weighted by molar-refractivity contribution is 0.273. The first-order valence-corrected chi connectivity index (χ1v) is 7.43. The van der Waals surface area contributed by atoms with Crippen LogP contribution < -0.4 is 11.2 Å². The minimum Gasteiger partial charge on any atom is -0.395 e. The van der Waals surface area contributed by atoms with Crippen molar-refractivity contribution in [2.24, 2.45) is 0 Å². The molecule has 0 aliphatic rings. The van der Waals surface area contributed by atoms with Gasteiger partial charge in [0.2, 0.25) is 11.7 Å². The van der Waals surface area contributed by atoms with Crippen molar-refractivity contribution < 1.29 is 9.63 Å². The van der Waals surface area contributed by atoms with Gasteiger partial charge in [0.15, 0.2) is 0 Å². The minimum absolute atomic E-state index is 0.0632. The summed E-state index contributed by atoms with van der Waals surface area (Å²) in [6, 6.07) is 9.64. The van der Waals surface area contributed by atoms with E-state index in [4.69, 9.17) is 9.63 Å². The molecule has 2 aromatic heterocycles. The SMILES string of the molecule is CC(c1ccccc1)c1nc(-c2cn(CCO)c(=O)[nH]c2=O)no1. The molecule has 0 saturated carbocycles. The van der Waals surface area contributed by atoms with E-state index in [2.05, 4.69) is 15.1 Å². The molecule has 0 spiro atoms. The summed E-state index contributed by atoms with van der Waals surface area (Å²) in [5.41, 5.74) is -0.0850. The Morgan fingerprint density at radius 2 is 2.04 bits per heavy atom. The van der Waals surface area contributed by atoms with Gasteiger partial charge >= 0.3 is 5.69 Å². The fraction of sp³-hybridized carbons (Fsp3) is 0.250. The van der Waals surface area contributed by atoms with Gasteiger partial charge < -0.3 is 9.63 Å². The van der Waals surface area contributed by atoms with E-state index < -0.39 is 11.2 Å². The fourth-order valence-corrected chi connectivity index (χ4v) is 2.35. The number of aromatic amines is 1. The molecule has 0 fully saturated rings. The van der Waals surface area contributed by atoms with Crippen LogP contribution in [0.5, 0.6) is 0 Å². The van der Waals surface area contributed by atoms with Gasteiger partial charge in [-0.3, -0.25) is 14.3 Å². The second-order valence-electron chi connectivity index (χ2n) is 5.31. The molecule has 0 bridgehead atoms. The molecule has 1 aromatic carbocycles. The van der Waals surface area contributed by atoms with E-state index >= 15 is 0 Å². The number of benzene rings is 1. The van der Waals surface area contributed by atoms with Crippen molar-refractivity contribution in [2.75, 3.05) is 6.61 Å². The van der Waals surface area contributed by atoms with Gasteiger partial charge in [0, 0.05) is 6.20 Å². The summed E-state index contributed by atoms with van der Waals surface area (Å²) in [6.45, 7) is 1.76. The summed E-state index contributed by atoms with van der Waals surface area (Å²) in [5, 5.41) is 12.8. The van der Waals surface area contributed by atoms with Crippen molar-refractivity contribution in [3.05, 3.63) is 68.8 Å². The van der Waals surface area contributed by atoms with Crippen LogP contribution in [-0.2, 0) is 6.54 Å². The number of aliphatic hydroxyl groups is 1. The zero-order valence-corrected chi connectivity index (χ0v) is 13.0. The third-order valence-corrected chi connectivity index (χ3v) is 3.70. The van der Waals surface area contributed by atoms with Crippen molar-refractivity contribution in [3.63, 3.8) is 0 Å². The largest absolute Gasteiger partial charge is 0.395 e. The number of hydrogen-bond donors (Lipinski definition) is 2. The number of nitrogens with zero attached hydrogens (tertiary/aromatic N) is 3. The molecule has 1 atom stereocenters. The topological polar surface area (TPSA) is 114 Å². The Morgan fingerprint density at radius 1 is 1.29 bits per heavy atom. The van der Waals surface area contributed by atoms with Gasteiger partial charge in [-0.25, -0.2) is 4.79 Å². The Bertz CT molecular complexity index is 942. The van der Waals surface area contributed by atoms with E-state index in [1.807, 2.05) is 37.3 Å². The smallest absolute Gasteiger partial charge is 0.328 e. The van der Waals surface area contributed by atoms with Crippen LogP contribution in [0.3, 0.4) is 0 Å². The van der Waals surface area contributed by atoms with Crippen molar-refractivity contribution in [2.45, 2.75) is 19.4 Å². The maximum Gasteiger partial charge on any atom is 0.328 e. The summed E-state index contributed by atoms with van der Waals surface area (Å²) < 4.78 is 6.46. The molecule has 2 heterocycles. The summed E-state index contributed by atoms with van der Waals surface area (Å²) in [6.07, 6.45) is 1.32. The standard InChI is InChI=1S/C16H16N4O4/c1-10(11-5-3-2-4-6-11)15-17-13(19-24-15)12-9-20(7-8-21)16(23)18-14(12)22/h2-6,9-10,21H,7-8H2,1H3,(H,18,22,23). The second kappa shape index (κ2) is 6.63. The maximum absolute atomic E-state index is 12.0. The molecule has 0 amide bonds. The van der Waals surface area contributed by atoms with Crippen molar-refractivity contribution in [1.82, 2.24) is 19.7 Å². The predicted molar refractivity (Wildman–Crippen MR) is 85.7 cm³/mol. The number of hydrogen-bond acceptors (Lipinski definition) is 6. The van der Waals surface area contributed by atoms with Crippen LogP contribution in [0.25, 0.3) is 11.4 Å². The number of rotatable bonds is 5. The molecule has 24 heavy (non-hydrogen) atoms. The Balaban J connectivity index is 1.98. The molecule has 0 aliphatic carbocycles. The molecule has 2 N–H and O–H groups in total. The zero-order valence-electron chi connectivity index (χ0n) is 13.0. The molecular formula is C16H16N4O4. The Kier molecular flexibility index (Phi) is 4.39. The zero-order chi connectivity index (χ0) is 17.1. The van der Waals surface area contributed by atoms with Gasteiger partial charge in [-0.05, 0) is 12.5 Å². The molecule has 8 nitrogen and oxygen atoms in total. The summed E-state index contributed by atoms with van der Waals surface area (Å²) >= 11 is 0. The van der Waals surface area contributed by atoms with E-state index in [0.717, 1.165) is 5.56 Å². The quantitative estimate of drug-likeness (QED) is 0.714. The fourth-order valence-electron chi connectivity index (χ4n) is 2.35. The lowest BCUT2D eigenvalue weighted by Gasteiger charge is -2.05. The summed E-state index contributed by atoms with van der Waals surface area (Å²) in [5.74, 6) is 0.339. The third kappa shape index (κ3) is 3.04. The molecule has 3 aromatic rings. The monoisotopic (exact) mass is 328 g/mol. The van der Waals surface area contributed by atoms with Crippen LogP contribution in [0.4, 0.5) is 0 Å². The van der Waals surface area contributed by atoms with Crippen molar-refractivity contribution >= 4 is 0 Å². The van der Waals surface area contributed by atoms with Crippen LogP contribution in [0.2, 0.25) is 0 Å². The van der Waals surface area contributed by atoms with E-state index in [-0.39, 0.29) is 30.5 Å². The van der Waals surface area contributed by atoms with Crippen LogP contribution in [-0.4, -0.2) is 31.4 Å². The van der Waals surface area contributed by atoms with Crippen molar-refractivity contribution in [1.29, 1.82) is 0 Å². The maximum atomic E-state index is 12.0. The Hall–Kier alpha value is -3.00. The lowest BCUT2D eigenvalue weighted by atomic mass is 10.0. The van der Waals surface area contributed by atoms with Gasteiger partial charge in [-0.1, -0.05) is 35.5 Å². The molecule has 124 valence electrons. The molecule has 3 rings (SSSR count). The van der Waals surface area contributed by atoms with Crippen LogP contribution >= 0.6 is 0 Å². The van der Waals surface area contributed by atoms with Gasteiger partial charge in [0.1, 0.15) is 5.56 Å². The molecule has 1 unspecified atom stereocenters. The van der Waals surface area contributed by atoms with Crippen LogP contribution in [0, 0.1) is 0 Å². The third-order valence-electron chi connectivity index (χ3n) is 3.70. The first-order chi connectivity index (χ1) is 11.6. The average Bonchev–Trinajstić information content (AvgIpc) is 3.07. The van der Waals surface area contributed by atoms with Gasteiger partial charge in [0.25, 0.3) is 5.56 Å². The van der Waals surface area contributed by atoms with Gasteiger partial charge in [-0.2, -0.15) is 4.98 Å². The highest BCUT2D eigenvalue weighted by Gasteiger charge is 2.19. The highest BCUT2D eigenvalue weighted by Crippen LogP contribution is 2.23. The van der Waals surface area contributed by atoms with Crippen LogP contribution in [0.1, 0.15) is 24.3 Å².